The molecule has 0 unspecified atom stereocenters. The van der Waals surface area contributed by atoms with Gasteiger partial charge in [-0.3, -0.25) is 4.79 Å². The highest BCUT2D eigenvalue weighted by Gasteiger charge is 2.10. The average Bonchev–Trinajstić information content (AvgIpc) is 2.25. The molecule has 84 valence electrons. The van der Waals surface area contributed by atoms with Gasteiger partial charge in [0.1, 0.15) is 0 Å². The summed E-state index contributed by atoms with van der Waals surface area (Å²) in [7, 11) is -1.31. The van der Waals surface area contributed by atoms with Gasteiger partial charge in [-0.25, -0.2) is 0 Å². The van der Waals surface area contributed by atoms with Gasteiger partial charge in [0.2, 0.25) is 0 Å². The zero-order valence-corrected chi connectivity index (χ0v) is 11.2. The summed E-state index contributed by atoms with van der Waals surface area (Å²) in [5.74, 6) is 0.00799. The lowest BCUT2D eigenvalue weighted by Gasteiger charge is -2.08. The molecule has 1 aromatic carbocycles. The van der Waals surface area contributed by atoms with Gasteiger partial charge in [-0.1, -0.05) is 62.3 Å². The van der Waals surface area contributed by atoms with Crippen molar-refractivity contribution in [3.8, 4) is 0 Å². The third-order valence-corrected chi connectivity index (χ3v) is 3.32. The molecular weight excluding hydrogens is 212 g/mol. The SMILES string of the molecule is C=C(C(=O)/C=C/[Si](C)(C)C)c1ccccc1. The lowest BCUT2D eigenvalue weighted by molar-refractivity contribution is -0.109. The smallest absolute Gasteiger partial charge is 0.185 e. The molecule has 0 fully saturated rings. The van der Waals surface area contributed by atoms with Crippen LogP contribution in [0, 0.1) is 0 Å². The molecule has 0 saturated carbocycles. The Labute approximate surface area is 98.5 Å². The monoisotopic (exact) mass is 230 g/mol. The van der Waals surface area contributed by atoms with Crippen LogP contribution in [0.5, 0.6) is 0 Å². The van der Waals surface area contributed by atoms with E-state index in [1.807, 2.05) is 36.0 Å². The molecule has 0 aliphatic heterocycles. The summed E-state index contributed by atoms with van der Waals surface area (Å²) in [6.07, 6.45) is 1.67. The van der Waals surface area contributed by atoms with Crippen molar-refractivity contribution in [2.24, 2.45) is 0 Å². The molecule has 0 atom stereocenters. The summed E-state index contributed by atoms with van der Waals surface area (Å²) in [6, 6.07) is 9.57. The summed E-state index contributed by atoms with van der Waals surface area (Å²) in [6.45, 7) is 10.4. The van der Waals surface area contributed by atoms with Crippen molar-refractivity contribution in [3.63, 3.8) is 0 Å². The van der Waals surface area contributed by atoms with Crippen LogP contribution in [0.25, 0.3) is 5.57 Å². The van der Waals surface area contributed by atoms with E-state index in [-0.39, 0.29) is 5.78 Å². The molecule has 1 nitrogen and oxygen atoms in total. The van der Waals surface area contributed by atoms with E-state index in [9.17, 15) is 4.79 Å². The summed E-state index contributed by atoms with van der Waals surface area (Å²) in [4.78, 5) is 11.8. The van der Waals surface area contributed by atoms with Gasteiger partial charge in [0, 0.05) is 5.57 Å². The van der Waals surface area contributed by atoms with Gasteiger partial charge < -0.3 is 0 Å². The Hall–Kier alpha value is -1.41. The molecule has 0 spiro atoms. The third kappa shape index (κ3) is 3.99. The van der Waals surface area contributed by atoms with Crippen LogP contribution >= 0.6 is 0 Å². The molecule has 2 heteroatoms. The fraction of sp³-hybridized carbons (Fsp3) is 0.214. The van der Waals surface area contributed by atoms with Crippen LogP contribution in [0.1, 0.15) is 5.56 Å². The maximum atomic E-state index is 11.8. The number of benzene rings is 1. The number of carbonyl (C=O) groups is 1. The number of carbonyl (C=O) groups excluding carboxylic acids is 1. The Kier molecular flexibility index (Phi) is 4.02. The molecule has 16 heavy (non-hydrogen) atoms. The van der Waals surface area contributed by atoms with Gasteiger partial charge >= 0.3 is 0 Å². The van der Waals surface area contributed by atoms with Crippen molar-refractivity contribution in [2.75, 3.05) is 0 Å². The van der Waals surface area contributed by atoms with E-state index in [2.05, 4.69) is 26.2 Å². The standard InChI is InChI=1S/C14H18OSi/c1-12(13-8-6-5-7-9-13)14(15)10-11-16(2,3)4/h5-11H,1H2,2-4H3/b11-10+. The second kappa shape index (κ2) is 5.08. The maximum Gasteiger partial charge on any atom is 0.185 e. The highest BCUT2D eigenvalue weighted by atomic mass is 28.3. The first-order valence-corrected chi connectivity index (χ1v) is 8.96. The Morgan fingerprint density at radius 3 is 2.25 bits per heavy atom. The summed E-state index contributed by atoms with van der Waals surface area (Å²) >= 11 is 0. The third-order valence-electron chi connectivity index (χ3n) is 2.15. The van der Waals surface area contributed by atoms with Crippen LogP contribution in [0.4, 0.5) is 0 Å². The summed E-state index contributed by atoms with van der Waals surface area (Å²) < 4.78 is 0. The normalized spacial score (nSPS) is 11.7. The Bertz CT molecular complexity index is 410. The fourth-order valence-corrected chi connectivity index (χ4v) is 1.86. The highest BCUT2D eigenvalue weighted by molar-refractivity contribution is 6.81. The van der Waals surface area contributed by atoms with E-state index >= 15 is 0 Å². The Morgan fingerprint density at radius 1 is 1.19 bits per heavy atom. The van der Waals surface area contributed by atoms with Crippen LogP contribution in [-0.4, -0.2) is 13.9 Å². The second-order valence-electron chi connectivity index (χ2n) is 4.91. The van der Waals surface area contributed by atoms with Crippen LogP contribution in [0.2, 0.25) is 19.6 Å². The number of hydrogen-bond acceptors (Lipinski definition) is 1. The van der Waals surface area contributed by atoms with E-state index in [4.69, 9.17) is 0 Å². The van der Waals surface area contributed by atoms with Gasteiger partial charge in [-0.15, -0.1) is 0 Å². The van der Waals surface area contributed by atoms with Crippen LogP contribution in [0.3, 0.4) is 0 Å². The van der Waals surface area contributed by atoms with Crippen LogP contribution < -0.4 is 0 Å². The average molecular weight is 230 g/mol. The minimum Gasteiger partial charge on any atom is -0.289 e. The van der Waals surface area contributed by atoms with E-state index in [1.165, 1.54) is 0 Å². The second-order valence-corrected chi connectivity index (χ2v) is 9.97. The lowest BCUT2D eigenvalue weighted by atomic mass is 10.0. The Balaban J connectivity index is 2.77. The molecular formula is C14H18OSi. The molecule has 0 saturated heterocycles. The quantitative estimate of drug-likeness (QED) is 0.569. The van der Waals surface area contributed by atoms with Gasteiger partial charge in [0.25, 0.3) is 0 Å². The van der Waals surface area contributed by atoms with E-state index < -0.39 is 8.07 Å². The first-order chi connectivity index (χ1) is 7.40. The van der Waals surface area contributed by atoms with Gasteiger partial charge in [-0.05, 0) is 11.6 Å². The molecule has 1 aromatic rings. The van der Waals surface area contributed by atoms with Gasteiger partial charge in [0.05, 0.1) is 8.07 Å². The highest BCUT2D eigenvalue weighted by Crippen LogP contribution is 2.14. The summed E-state index contributed by atoms with van der Waals surface area (Å²) in [5, 5.41) is 0. The molecule has 1 rings (SSSR count). The molecule has 0 bridgehead atoms. The largest absolute Gasteiger partial charge is 0.289 e. The minimum atomic E-state index is -1.31. The number of ketones is 1. The van der Waals surface area contributed by atoms with Crippen molar-refractivity contribution < 1.29 is 4.79 Å². The molecule has 0 amide bonds. The predicted molar refractivity (Wildman–Crippen MR) is 73.0 cm³/mol. The zero-order chi connectivity index (χ0) is 12.2. The van der Waals surface area contributed by atoms with Crippen molar-refractivity contribution in [1.29, 1.82) is 0 Å². The number of allylic oxidation sites excluding steroid dienone is 2. The fourth-order valence-electron chi connectivity index (χ4n) is 1.21. The number of hydrogen-bond donors (Lipinski definition) is 0. The van der Waals surface area contributed by atoms with Crippen molar-refractivity contribution in [2.45, 2.75) is 19.6 Å². The van der Waals surface area contributed by atoms with Crippen LogP contribution in [-0.2, 0) is 4.79 Å². The molecule has 0 N–H and O–H groups in total. The molecule has 0 aromatic heterocycles. The molecule has 0 aliphatic rings. The van der Waals surface area contributed by atoms with Crippen LogP contribution in [0.15, 0.2) is 48.7 Å². The minimum absolute atomic E-state index is 0.00799. The van der Waals surface area contributed by atoms with Gasteiger partial charge in [0.15, 0.2) is 5.78 Å². The Morgan fingerprint density at radius 2 is 1.75 bits per heavy atom. The zero-order valence-electron chi connectivity index (χ0n) is 10.2. The molecule has 0 heterocycles. The molecule has 0 aliphatic carbocycles. The first-order valence-electron chi connectivity index (χ1n) is 5.38. The van der Waals surface area contributed by atoms with E-state index in [0.29, 0.717) is 5.57 Å². The van der Waals surface area contributed by atoms with E-state index in [1.54, 1.807) is 6.08 Å². The van der Waals surface area contributed by atoms with E-state index in [0.717, 1.165) is 5.56 Å². The topological polar surface area (TPSA) is 17.1 Å². The van der Waals surface area contributed by atoms with Crippen molar-refractivity contribution >= 4 is 19.4 Å². The molecule has 0 radical (unpaired) electrons. The lowest BCUT2D eigenvalue weighted by Crippen LogP contribution is -2.16. The first kappa shape index (κ1) is 12.7. The van der Waals surface area contributed by atoms with Crippen molar-refractivity contribution in [1.82, 2.24) is 0 Å². The maximum absolute atomic E-state index is 11.8. The van der Waals surface area contributed by atoms with Crippen molar-refractivity contribution in [3.05, 3.63) is 54.2 Å². The number of rotatable bonds is 4. The summed E-state index contributed by atoms with van der Waals surface area (Å²) in [5.41, 5.74) is 3.51. The predicted octanol–water partition coefficient (Wildman–Crippen LogP) is 3.70. The van der Waals surface area contributed by atoms with Gasteiger partial charge in [-0.2, -0.15) is 0 Å².